The standard InChI is InChI=1S/C16H11F3N2O4S/c1-21(7-8-3-2-4-9(5-8)16(17,18)19)15-20-12-11(26-15)6-10(13(22)23)14(24)25-12/h2-6H,7H2,1H3,(H,22,23). The fraction of sp³-hybridized carbons (Fsp3) is 0.188. The number of aromatic nitrogens is 1. The lowest BCUT2D eigenvalue weighted by Crippen LogP contribution is -2.16. The van der Waals surface area contributed by atoms with E-state index in [1.165, 1.54) is 12.1 Å². The molecular formula is C16H11F3N2O4S. The Balaban J connectivity index is 1.90. The number of carboxylic acid groups (broad SMARTS) is 1. The summed E-state index contributed by atoms with van der Waals surface area (Å²) in [5, 5.41) is 9.33. The zero-order chi connectivity index (χ0) is 19.1. The molecule has 6 nitrogen and oxygen atoms in total. The number of alkyl halides is 3. The van der Waals surface area contributed by atoms with Crippen molar-refractivity contribution in [2.24, 2.45) is 0 Å². The van der Waals surface area contributed by atoms with Gasteiger partial charge in [0.1, 0.15) is 5.56 Å². The molecule has 26 heavy (non-hydrogen) atoms. The SMILES string of the molecule is CN(Cc1cccc(C(F)(F)F)c1)c1nc2oc(=O)c(C(=O)O)cc2s1. The topological polar surface area (TPSA) is 83.6 Å². The predicted molar refractivity (Wildman–Crippen MR) is 88.7 cm³/mol. The van der Waals surface area contributed by atoms with E-state index in [-0.39, 0.29) is 12.3 Å². The molecule has 1 N–H and O–H groups in total. The van der Waals surface area contributed by atoms with Gasteiger partial charge in [-0.2, -0.15) is 18.2 Å². The number of thiazole rings is 1. The highest BCUT2D eigenvalue weighted by Crippen LogP contribution is 2.31. The van der Waals surface area contributed by atoms with E-state index in [9.17, 15) is 22.8 Å². The van der Waals surface area contributed by atoms with Crippen LogP contribution in [-0.2, 0) is 12.7 Å². The fourth-order valence-corrected chi connectivity index (χ4v) is 3.20. The maximum Gasteiger partial charge on any atom is 0.416 e. The first-order valence-electron chi connectivity index (χ1n) is 7.20. The molecule has 0 atom stereocenters. The first-order valence-corrected chi connectivity index (χ1v) is 8.02. The number of benzene rings is 1. The molecule has 2 aromatic heterocycles. The van der Waals surface area contributed by atoms with Crippen molar-refractivity contribution in [3.63, 3.8) is 0 Å². The number of aromatic carboxylic acids is 1. The lowest BCUT2D eigenvalue weighted by atomic mass is 10.1. The second-order valence-electron chi connectivity index (χ2n) is 5.47. The van der Waals surface area contributed by atoms with Crippen LogP contribution in [0, 0.1) is 0 Å². The number of rotatable bonds is 4. The maximum absolute atomic E-state index is 12.8. The van der Waals surface area contributed by atoms with Crippen LogP contribution >= 0.6 is 11.3 Å². The van der Waals surface area contributed by atoms with Gasteiger partial charge in [0, 0.05) is 13.6 Å². The van der Waals surface area contributed by atoms with Crippen LogP contribution < -0.4 is 10.5 Å². The van der Waals surface area contributed by atoms with Crippen LogP contribution in [0.2, 0.25) is 0 Å². The minimum Gasteiger partial charge on any atom is -0.477 e. The number of carboxylic acids is 1. The Morgan fingerprint density at radius 1 is 1.35 bits per heavy atom. The molecule has 0 fully saturated rings. The van der Waals surface area contributed by atoms with Gasteiger partial charge in [-0.05, 0) is 23.8 Å². The van der Waals surface area contributed by atoms with Gasteiger partial charge in [-0.25, -0.2) is 9.59 Å². The second-order valence-corrected chi connectivity index (χ2v) is 6.48. The van der Waals surface area contributed by atoms with Gasteiger partial charge >= 0.3 is 17.8 Å². The van der Waals surface area contributed by atoms with Crippen LogP contribution in [0.15, 0.2) is 39.5 Å². The summed E-state index contributed by atoms with van der Waals surface area (Å²) in [6, 6.07) is 6.09. The minimum atomic E-state index is -4.43. The van der Waals surface area contributed by atoms with E-state index in [2.05, 4.69) is 4.98 Å². The normalized spacial score (nSPS) is 11.7. The highest BCUT2D eigenvalue weighted by Gasteiger charge is 2.30. The molecule has 10 heteroatoms. The number of nitrogens with zero attached hydrogens (tertiary/aromatic N) is 2. The zero-order valence-corrected chi connectivity index (χ0v) is 14.0. The molecule has 0 unspecified atom stereocenters. The second kappa shape index (κ2) is 6.45. The van der Waals surface area contributed by atoms with Crippen LogP contribution in [-0.4, -0.2) is 23.1 Å². The van der Waals surface area contributed by atoms with Gasteiger partial charge in [0.2, 0.25) is 5.71 Å². The van der Waals surface area contributed by atoms with Crippen LogP contribution in [0.1, 0.15) is 21.5 Å². The first kappa shape index (κ1) is 17.9. The van der Waals surface area contributed by atoms with Crippen LogP contribution in [0.4, 0.5) is 18.3 Å². The van der Waals surface area contributed by atoms with Crippen molar-refractivity contribution in [3.8, 4) is 0 Å². The number of halogens is 3. The first-order chi connectivity index (χ1) is 12.1. The molecule has 136 valence electrons. The quantitative estimate of drug-likeness (QED) is 0.740. The lowest BCUT2D eigenvalue weighted by molar-refractivity contribution is -0.137. The van der Waals surface area contributed by atoms with Crippen molar-refractivity contribution in [1.29, 1.82) is 0 Å². The summed E-state index contributed by atoms with van der Waals surface area (Å²) in [6.45, 7) is 0.139. The van der Waals surface area contributed by atoms with E-state index in [0.29, 0.717) is 15.4 Å². The van der Waals surface area contributed by atoms with Gasteiger partial charge in [0.05, 0.1) is 10.3 Å². The Morgan fingerprint density at radius 2 is 2.08 bits per heavy atom. The van der Waals surface area contributed by atoms with Gasteiger partial charge in [0.15, 0.2) is 5.13 Å². The Kier molecular flexibility index (Phi) is 4.45. The number of hydrogen-bond acceptors (Lipinski definition) is 6. The number of anilines is 1. The molecule has 0 radical (unpaired) electrons. The molecular weight excluding hydrogens is 373 g/mol. The fourth-order valence-electron chi connectivity index (χ4n) is 2.30. The van der Waals surface area contributed by atoms with Crippen molar-refractivity contribution in [2.45, 2.75) is 12.7 Å². The zero-order valence-electron chi connectivity index (χ0n) is 13.2. The average molecular weight is 384 g/mol. The summed E-state index contributed by atoms with van der Waals surface area (Å²) in [5.74, 6) is -1.41. The molecule has 0 saturated carbocycles. The molecule has 1 aromatic carbocycles. The van der Waals surface area contributed by atoms with E-state index < -0.39 is 28.9 Å². The molecule has 0 spiro atoms. The molecule has 0 bridgehead atoms. The molecule has 3 rings (SSSR count). The summed E-state index contributed by atoms with van der Waals surface area (Å²) >= 11 is 1.07. The van der Waals surface area contributed by atoms with Gasteiger partial charge < -0.3 is 14.4 Å². The molecule has 2 heterocycles. The van der Waals surface area contributed by atoms with Crippen LogP contribution in [0.3, 0.4) is 0 Å². The summed E-state index contributed by atoms with van der Waals surface area (Å²) in [7, 11) is 1.62. The predicted octanol–water partition coefficient (Wildman–Crippen LogP) is 3.60. The largest absolute Gasteiger partial charge is 0.477 e. The third-order valence-electron chi connectivity index (χ3n) is 3.52. The Hall–Kier alpha value is -2.88. The van der Waals surface area contributed by atoms with Crippen molar-refractivity contribution in [2.75, 3.05) is 11.9 Å². The molecule has 0 saturated heterocycles. The van der Waals surface area contributed by atoms with E-state index >= 15 is 0 Å². The number of carbonyl (C=O) groups is 1. The molecule has 0 amide bonds. The highest BCUT2D eigenvalue weighted by molar-refractivity contribution is 7.22. The molecule has 3 aromatic rings. The number of fused-ring (bicyclic) bond motifs is 1. The maximum atomic E-state index is 12.8. The van der Waals surface area contributed by atoms with Gasteiger partial charge in [-0.1, -0.05) is 23.5 Å². The van der Waals surface area contributed by atoms with Gasteiger partial charge in [0.25, 0.3) is 0 Å². The van der Waals surface area contributed by atoms with Crippen molar-refractivity contribution in [1.82, 2.24) is 4.98 Å². The Labute approximate surface area is 148 Å². The van der Waals surface area contributed by atoms with Gasteiger partial charge in [-0.15, -0.1) is 0 Å². The lowest BCUT2D eigenvalue weighted by Gasteiger charge is -2.16. The van der Waals surface area contributed by atoms with Crippen LogP contribution in [0.5, 0.6) is 0 Å². The van der Waals surface area contributed by atoms with E-state index in [4.69, 9.17) is 9.52 Å². The van der Waals surface area contributed by atoms with Crippen molar-refractivity contribution < 1.29 is 27.5 Å². The third-order valence-corrected chi connectivity index (χ3v) is 4.62. The molecule has 0 aliphatic carbocycles. The minimum absolute atomic E-state index is 0.0177. The van der Waals surface area contributed by atoms with Crippen molar-refractivity contribution >= 4 is 32.9 Å². The third kappa shape index (κ3) is 3.54. The molecule has 0 aliphatic heterocycles. The monoisotopic (exact) mass is 384 g/mol. The van der Waals surface area contributed by atoms with E-state index in [1.807, 2.05) is 0 Å². The van der Waals surface area contributed by atoms with E-state index in [1.54, 1.807) is 18.0 Å². The average Bonchev–Trinajstić information content (AvgIpc) is 2.96. The smallest absolute Gasteiger partial charge is 0.416 e. The Morgan fingerprint density at radius 3 is 2.73 bits per heavy atom. The van der Waals surface area contributed by atoms with Crippen molar-refractivity contribution in [3.05, 3.63) is 57.4 Å². The van der Waals surface area contributed by atoms with Gasteiger partial charge in [-0.3, -0.25) is 0 Å². The molecule has 0 aliphatic rings. The highest BCUT2D eigenvalue weighted by atomic mass is 32.1. The summed E-state index contributed by atoms with van der Waals surface area (Å²) in [6.07, 6.45) is -4.43. The summed E-state index contributed by atoms with van der Waals surface area (Å²) in [4.78, 5) is 28.2. The summed E-state index contributed by atoms with van der Waals surface area (Å²) < 4.78 is 43.6. The summed E-state index contributed by atoms with van der Waals surface area (Å²) in [5.41, 5.74) is -1.86. The van der Waals surface area contributed by atoms with E-state index in [0.717, 1.165) is 23.5 Å². The Bertz CT molecular complexity index is 1040. The van der Waals surface area contributed by atoms with Crippen LogP contribution in [0.25, 0.3) is 10.4 Å². The number of hydrogen-bond donors (Lipinski definition) is 1.